The third-order valence-corrected chi connectivity index (χ3v) is 4.30. The van der Waals surface area contributed by atoms with Crippen molar-refractivity contribution in [2.75, 3.05) is 20.2 Å². The molecule has 1 amide bonds. The maximum Gasteiger partial charge on any atom is 0.338 e. The van der Waals surface area contributed by atoms with Crippen molar-refractivity contribution in [3.63, 3.8) is 0 Å². The number of carbonyl (C=O) groups is 2. The van der Waals surface area contributed by atoms with Gasteiger partial charge in [-0.15, -0.1) is 0 Å². The topological polar surface area (TPSA) is 66.8 Å². The number of esters is 1. The van der Waals surface area contributed by atoms with E-state index in [0.717, 1.165) is 38.8 Å². The minimum Gasteiger partial charge on any atom is -0.508 e. The predicted octanol–water partition coefficient (Wildman–Crippen LogP) is 2.83. The molecule has 1 heterocycles. The summed E-state index contributed by atoms with van der Waals surface area (Å²) in [4.78, 5) is 26.0. The second-order valence-corrected chi connectivity index (χ2v) is 5.76. The van der Waals surface area contributed by atoms with Gasteiger partial charge in [0, 0.05) is 18.7 Å². The van der Waals surface area contributed by atoms with Crippen LogP contribution in [0.5, 0.6) is 5.75 Å². The van der Waals surface area contributed by atoms with Crippen molar-refractivity contribution in [3.8, 4) is 5.75 Å². The first-order valence-electron chi connectivity index (χ1n) is 7.76. The van der Waals surface area contributed by atoms with Crippen LogP contribution in [0.1, 0.15) is 53.3 Å². The number of hydrogen-bond donors (Lipinski definition) is 1. The number of methoxy groups -OCH3 is 1. The number of benzene rings is 1. The minimum absolute atomic E-state index is 0.104. The van der Waals surface area contributed by atoms with E-state index in [1.54, 1.807) is 0 Å². The fourth-order valence-corrected chi connectivity index (χ4v) is 2.93. The molecule has 0 saturated carbocycles. The van der Waals surface area contributed by atoms with Crippen LogP contribution in [0.15, 0.2) is 18.2 Å². The van der Waals surface area contributed by atoms with Crippen LogP contribution in [0.3, 0.4) is 0 Å². The monoisotopic (exact) mass is 305 g/mol. The van der Waals surface area contributed by atoms with Gasteiger partial charge in [-0.25, -0.2) is 4.79 Å². The molecule has 1 aromatic carbocycles. The van der Waals surface area contributed by atoms with Crippen molar-refractivity contribution in [2.24, 2.45) is 5.92 Å². The summed E-state index contributed by atoms with van der Waals surface area (Å²) < 4.78 is 4.65. The smallest absolute Gasteiger partial charge is 0.338 e. The lowest BCUT2D eigenvalue weighted by molar-refractivity contribution is 0.0600. The number of amides is 1. The normalized spacial score (nSPS) is 18.6. The molecule has 0 aliphatic carbocycles. The van der Waals surface area contributed by atoms with Crippen LogP contribution in [0.2, 0.25) is 0 Å². The molecule has 1 N–H and O–H groups in total. The summed E-state index contributed by atoms with van der Waals surface area (Å²) in [6.07, 6.45) is 4.28. The summed E-state index contributed by atoms with van der Waals surface area (Å²) in [6, 6.07) is 4.19. The lowest BCUT2D eigenvalue weighted by atomic mass is 9.98. The molecular formula is C17H23NO4. The molecule has 0 bridgehead atoms. The van der Waals surface area contributed by atoms with E-state index in [0.29, 0.717) is 11.5 Å². The van der Waals surface area contributed by atoms with Gasteiger partial charge >= 0.3 is 5.97 Å². The van der Waals surface area contributed by atoms with E-state index < -0.39 is 5.97 Å². The van der Waals surface area contributed by atoms with E-state index >= 15 is 0 Å². The Bertz CT molecular complexity index is 556. The van der Waals surface area contributed by atoms with Crippen LogP contribution in [0.25, 0.3) is 0 Å². The Morgan fingerprint density at radius 1 is 1.23 bits per heavy atom. The fourth-order valence-electron chi connectivity index (χ4n) is 2.93. The van der Waals surface area contributed by atoms with Gasteiger partial charge < -0.3 is 14.7 Å². The van der Waals surface area contributed by atoms with Gasteiger partial charge in [0.15, 0.2) is 0 Å². The summed E-state index contributed by atoms with van der Waals surface area (Å²) in [5, 5.41) is 9.74. The molecule has 0 aromatic heterocycles. The van der Waals surface area contributed by atoms with E-state index in [1.807, 2.05) is 4.90 Å². The highest BCUT2D eigenvalue weighted by molar-refractivity contribution is 5.98. The Morgan fingerprint density at radius 3 is 2.64 bits per heavy atom. The number of carbonyl (C=O) groups excluding carboxylic acids is 2. The first-order valence-corrected chi connectivity index (χ1v) is 7.76. The number of hydrogen-bond acceptors (Lipinski definition) is 4. The molecule has 5 nitrogen and oxygen atoms in total. The summed E-state index contributed by atoms with van der Waals surface area (Å²) in [5.41, 5.74) is 0.516. The fraction of sp³-hybridized carbons (Fsp3) is 0.529. The number of phenols is 1. The number of nitrogens with zero attached hydrogens (tertiary/aromatic N) is 1. The van der Waals surface area contributed by atoms with Gasteiger partial charge in [-0.3, -0.25) is 4.79 Å². The van der Waals surface area contributed by atoms with Gasteiger partial charge in [0.05, 0.1) is 12.7 Å². The molecule has 120 valence electrons. The second-order valence-electron chi connectivity index (χ2n) is 5.76. The van der Waals surface area contributed by atoms with E-state index in [9.17, 15) is 14.7 Å². The van der Waals surface area contributed by atoms with Gasteiger partial charge in [0.2, 0.25) is 0 Å². The molecule has 2 rings (SSSR count). The molecule has 1 aromatic rings. The van der Waals surface area contributed by atoms with Gasteiger partial charge in [0.1, 0.15) is 5.75 Å². The van der Waals surface area contributed by atoms with Gasteiger partial charge in [-0.05, 0) is 43.4 Å². The van der Waals surface area contributed by atoms with Crippen molar-refractivity contribution >= 4 is 11.9 Å². The molecular weight excluding hydrogens is 282 g/mol. The van der Waals surface area contributed by atoms with Crippen LogP contribution in [0.4, 0.5) is 0 Å². The maximum atomic E-state index is 12.6. The van der Waals surface area contributed by atoms with E-state index in [2.05, 4.69) is 11.7 Å². The highest BCUT2D eigenvalue weighted by atomic mass is 16.5. The number of aromatic hydroxyl groups is 1. The molecule has 1 aliphatic rings. The van der Waals surface area contributed by atoms with Crippen molar-refractivity contribution in [2.45, 2.75) is 32.6 Å². The standard InChI is InChI=1S/C17H23NO4/c1-3-12-5-4-7-18(8-6-12)16(20)13-9-14(17(21)22-2)11-15(19)10-13/h9-12,19H,3-8H2,1-2H3. The minimum atomic E-state index is -0.563. The predicted molar refractivity (Wildman–Crippen MR) is 83.0 cm³/mol. The third kappa shape index (κ3) is 3.78. The summed E-state index contributed by atoms with van der Waals surface area (Å²) in [5.74, 6) is -0.134. The molecule has 1 aliphatic heterocycles. The molecule has 0 spiro atoms. The van der Waals surface area contributed by atoms with Crippen LogP contribution >= 0.6 is 0 Å². The Labute approximate surface area is 130 Å². The molecule has 1 saturated heterocycles. The number of likely N-dealkylation sites (tertiary alicyclic amines) is 1. The van der Waals surface area contributed by atoms with Crippen molar-refractivity contribution in [1.82, 2.24) is 4.90 Å². The first kappa shape index (κ1) is 16.3. The maximum absolute atomic E-state index is 12.6. The lowest BCUT2D eigenvalue weighted by Crippen LogP contribution is -2.32. The Balaban J connectivity index is 2.18. The quantitative estimate of drug-likeness (QED) is 0.872. The van der Waals surface area contributed by atoms with Crippen molar-refractivity contribution in [1.29, 1.82) is 0 Å². The first-order chi connectivity index (χ1) is 10.5. The largest absolute Gasteiger partial charge is 0.508 e. The van der Waals surface area contributed by atoms with Gasteiger partial charge in [-0.1, -0.05) is 13.3 Å². The second kappa shape index (κ2) is 7.29. The van der Waals surface area contributed by atoms with Crippen LogP contribution < -0.4 is 0 Å². The van der Waals surface area contributed by atoms with Crippen LogP contribution in [0, 0.1) is 5.92 Å². The summed E-state index contributed by atoms with van der Waals surface area (Å²) in [7, 11) is 1.27. The van der Waals surface area contributed by atoms with Crippen molar-refractivity contribution < 1.29 is 19.4 Å². The molecule has 1 atom stereocenters. The zero-order valence-corrected chi connectivity index (χ0v) is 13.2. The molecule has 1 fully saturated rings. The van der Waals surface area contributed by atoms with Crippen molar-refractivity contribution in [3.05, 3.63) is 29.3 Å². The van der Waals surface area contributed by atoms with Crippen LogP contribution in [-0.4, -0.2) is 42.1 Å². The van der Waals surface area contributed by atoms with Gasteiger partial charge in [-0.2, -0.15) is 0 Å². The number of rotatable bonds is 3. The Kier molecular flexibility index (Phi) is 5.41. The Hall–Kier alpha value is -2.04. The average molecular weight is 305 g/mol. The number of ether oxygens (including phenoxy) is 1. The highest BCUT2D eigenvalue weighted by Crippen LogP contribution is 2.23. The molecule has 1 unspecified atom stereocenters. The zero-order valence-electron chi connectivity index (χ0n) is 13.2. The van der Waals surface area contributed by atoms with E-state index in [1.165, 1.54) is 25.3 Å². The van der Waals surface area contributed by atoms with Crippen LogP contribution in [-0.2, 0) is 4.74 Å². The molecule has 0 radical (unpaired) electrons. The van der Waals surface area contributed by atoms with E-state index in [4.69, 9.17) is 0 Å². The lowest BCUT2D eigenvalue weighted by Gasteiger charge is -2.21. The SMILES string of the molecule is CCC1CCCN(C(=O)c2cc(O)cc(C(=O)OC)c2)CC1. The average Bonchev–Trinajstić information content (AvgIpc) is 2.78. The molecule has 22 heavy (non-hydrogen) atoms. The Morgan fingerprint density at radius 2 is 1.95 bits per heavy atom. The number of phenolic OH excluding ortho intramolecular Hbond substituents is 1. The molecule has 5 heteroatoms. The zero-order chi connectivity index (χ0) is 16.1. The van der Waals surface area contributed by atoms with E-state index in [-0.39, 0.29) is 17.2 Å². The highest BCUT2D eigenvalue weighted by Gasteiger charge is 2.22. The summed E-state index contributed by atoms with van der Waals surface area (Å²) in [6.45, 7) is 3.62. The van der Waals surface area contributed by atoms with Gasteiger partial charge in [0.25, 0.3) is 5.91 Å². The summed E-state index contributed by atoms with van der Waals surface area (Å²) >= 11 is 0. The third-order valence-electron chi connectivity index (χ3n) is 4.30.